The molecule has 0 spiro atoms. The summed E-state index contributed by atoms with van der Waals surface area (Å²) in [6.07, 6.45) is 4.09. The number of amides is 1. The topological polar surface area (TPSA) is 72.8 Å². The lowest BCUT2D eigenvalue weighted by molar-refractivity contribution is 0.0689. The Morgan fingerprint density at radius 2 is 1.74 bits per heavy atom. The standard InChI is InChI=1S/C25H33ClN2O3/c1-28(25(31)21-6-10-22(26)11-7-21)23-12-8-20(9-13-23)19-4-2-18(3-5-19)16-27-15-14-24(30)17-29/h2-7,10-11,20,23-24,27,29-30H,8-9,12-17H2,1H3/t20?,23?,24-/m0/s1. The Labute approximate surface area is 190 Å². The lowest BCUT2D eigenvalue weighted by atomic mass is 9.81. The van der Waals surface area contributed by atoms with Gasteiger partial charge in [0.15, 0.2) is 0 Å². The van der Waals surface area contributed by atoms with Crippen LogP contribution in [0.25, 0.3) is 0 Å². The number of nitrogens with zero attached hydrogens (tertiary/aromatic N) is 1. The molecule has 1 saturated carbocycles. The molecule has 6 heteroatoms. The number of aliphatic hydroxyl groups is 2. The molecule has 0 bridgehead atoms. The molecule has 1 amide bonds. The number of carbonyl (C=O) groups excluding carboxylic acids is 1. The Morgan fingerprint density at radius 3 is 2.35 bits per heavy atom. The zero-order valence-electron chi connectivity index (χ0n) is 18.1. The number of halogens is 1. The zero-order chi connectivity index (χ0) is 22.2. The maximum Gasteiger partial charge on any atom is 0.253 e. The van der Waals surface area contributed by atoms with Gasteiger partial charge in [-0.1, -0.05) is 35.9 Å². The summed E-state index contributed by atoms with van der Waals surface area (Å²) in [7, 11) is 1.91. The van der Waals surface area contributed by atoms with E-state index in [1.165, 1.54) is 11.1 Å². The Kier molecular flexibility index (Phi) is 8.90. The van der Waals surface area contributed by atoms with E-state index < -0.39 is 6.10 Å². The first-order valence-corrected chi connectivity index (χ1v) is 11.5. The van der Waals surface area contributed by atoms with Crippen LogP contribution in [0.5, 0.6) is 0 Å². The van der Waals surface area contributed by atoms with Crippen LogP contribution in [0.1, 0.15) is 59.5 Å². The number of hydrogen-bond acceptors (Lipinski definition) is 4. The maximum absolute atomic E-state index is 12.8. The summed E-state index contributed by atoms with van der Waals surface area (Å²) in [6, 6.07) is 16.1. The Balaban J connectivity index is 1.45. The summed E-state index contributed by atoms with van der Waals surface area (Å²) in [5.74, 6) is 0.598. The normalized spacial score (nSPS) is 19.7. The Hall–Kier alpha value is -1.92. The minimum absolute atomic E-state index is 0.0588. The van der Waals surface area contributed by atoms with Gasteiger partial charge in [-0.3, -0.25) is 4.79 Å². The van der Waals surface area contributed by atoms with Crippen molar-refractivity contribution in [1.82, 2.24) is 10.2 Å². The van der Waals surface area contributed by atoms with Crippen molar-refractivity contribution in [3.8, 4) is 0 Å². The van der Waals surface area contributed by atoms with Gasteiger partial charge in [-0.05, 0) is 80.0 Å². The molecule has 0 aliphatic heterocycles. The van der Waals surface area contributed by atoms with Crippen LogP contribution >= 0.6 is 11.6 Å². The number of carbonyl (C=O) groups is 1. The molecule has 0 saturated heterocycles. The number of aliphatic hydroxyl groups excluding tert-OH is 2. The van der Waals surface area contributed by atoms with Crippen LogP contribution in [-0.4, -0.2) is 53.4 Å². The van der Waals surface area contributed by atoms with Crippen LogP contribution < -0.4 is 5.32 Å². The summed E-state index contributed by atoms with van der Waals surface area (Å²) in [6.45, 7) is 1.24. The fourth-order valence-corrected chi connectivity index (χ4v) is 4.38. The van der Waals surface area contributed by atoms with Crippen molar-refractivity contribution in [1.29, 1.82) is 0 Å². The summed E-state index contributed by atoms with van der Waals surface area (Å²) >= 11 is 5.93. The highest BCUT2D eigenvalue weighted by Crippen LogP contribution is 2.35. The molecule has 168 valence electrons. The number of hydrogen-bond donors (Lipinski definition) is 3. The van der Waals surface area contributed by atoms with E-state index in [-0.39, 0.29) is 18.6 Å². The number of nitrogens with one attached hydrogen (secondary N) is 1. The highest BCUT2D eigenvalue weighted by molar-refractivity contribution is 6.30. The summed E-state index contributed by atoms with van der Waals surface area (Å²) in [5, 5.41) is 22.1. The van der Waals surface area contributed by atoms with Crippen LogP contribution in [0.4, 0.5) is 0 Å². The number of rotatable bonds is 9. The van der Waals surface area contributed by atoms with Gasteiger partial charge in [0.05, 0.1) is 12.7 Å². The predicted octanol–water partition coefficient (Wildman–Crippen LogP) is 3.97. The van der Waals surface area contributed by atoms with Gasteiger partial charge in [0.1, 0.15) is 0 Å². The molecule has 0 radical (unpaired) electrons. The van der Waals surface area contributed by atoms with Crippen molar-refractivity contribution in [2.45, 2.75) is 56.7 Å². The van der Waals surface area contributed by atoms with Gasteiger partial charge in [-0.15, -0.1) is 0 Å². The third-order valence-electron chi connectivity index (χ3n) is 6.30. The molecule has 3 rings (SSSR count). The predicted molar refractivity (Wildman–Crippen MR) is 124 cm³/mol. The molecular formula is C25H33ClN2O3. The molecule has 3 N–H and O–H groups in total. The van der Waals surface area contributed by atoms with E-state index in [1.54, 1.807) is 24.3 Å². The summed E-state index contributed by atoms with van der Waals surface area (Å²) < 4.78 is 0. The monoisotopic (exact) mass is 444 g/mol. The van der Waals surface area contributed by atoms with Crippen molar-refractivity contribution in [2.75, 3.05) is 20.2 Å². The molecule has 31 heavy (non-hydrogen) atoms. The van der Waals surface area contributed by atoms with E-state index in [1.807, 2.05) is 11.9 Å². The van der Waals surface area contributed by atoms with Gasteiger partial charge in [0.25, 0.3) is 5.91 Å². The van der Waals surface area contributed by atoms with E-state index in [9.17, 15) is 9.90 Å². The molecular weight excluding hydrogens is 412 g/mol. The van der Waals surface area contributed by atoms with Gasteiger partial charge in [0.2, 0.25) is 0 Å². The molecule has 5 nitrogen and oxygen atoms in total. The van der Waals surface area contributed by atoms with Crippen LogP contribution in [0.3, 0.4) is 0 Å². The van der Waals surface area contributed by atoms with Crippen molar-refractivity contribution in [3.63, 3.8) is 0 Å². The summed E-state index contributed by atoms with van der Waals surface area (Å²) in [4.78, 5) is 14.6. The van der Waals surface area contributed by atoms with Gasteiger partial charge < -0.3 is 20.4 Å². The molecule has 1 aliphatic rings. The maximum atomic E-state index is 12.8. The van der Waals surface area contributed by atoms with E-state index in [0.29, 0.717) is 29.5 Å². The second kappa shape index (κ2) is 11.6. The zero-order valence-corrected chi connectivity index (χ0v) is 18.9. The van der Waals surface area contributed by atoms with Crippen molar-refractivity contribution in [3.05, 3.63) is 70.2 Å². The van der Waals surface area contributed by atoms with Crippen LogP contribution in [0.2, 0.25) is 5.02 Å². The molecule has 2 aromatic carbocycles. The van der Waals surface area contributed by atoms with E-state index >= 15 is 0 Å². The van der Waals surface area contributed by atoms with Crippen molar-refractivity contribution >= 4 is 17.5 Å². The average molecular weight is 445 g/mol. The first-order valence-electron chi connectivity index (χ1n) is 11.1. The van der Waals surface area contributed by atoms with Crippen LogP contribution in [-0.2, 0) is 6.54 Å². The Bertz CT molecular complexity index is 818. The minimum atomic E-state index is -0.648. The molecule has 1 atom stereocenters. The first kappa shape index (κ1) is 23.7. The second-order valence-electron chi connectivity index (χ2n) is 8.47. The van der Waals surface area contributed by atoms with Gasteiger partial charge in [-0.25, -0.2) is 0 Å². The van der Waals surface area contributed by atoms with Crippen LogP contribution in [0, 0.1) is 0 Å². The minimum Gasteiger partial charge on any atom is -0.394 e. The third kappa shape index (κ3) is 6.78. The largest absolute Gasteiger partial charge is 0.394 e. The van der Waals surface area contributed by atoms with Crippen molar-refractivity contribution in [2.24, 2.45) is 0 Å². The van der Waals surface area contributed by atoms with E-state index in [0.717, 1.165) is 32.2 Å². The second-order valence-corrected chi connectivity index (χ2v) is 8.91. The fourth-order valence-electron chi connectivity index (χ4n) is 4.26. The molecule has 0 heterocycles. The highest BCUT2D eigenvalue weighted by atomic mass is 35.5. The molecule has 2 aromatic rings. The number of benzene rings is 2. The van der Waals surface area contributed by atoms with E-state index in [4.69, 9.17) is 16.7 Å². The fraction of sp³-hybridized carbons (Fsp3) is 0.480. The molecule has 0 aromatic heterocycles. The molecule has 1 aliphatic carbocycles. The Morgan fingerprint density at radius 1 is 1.10 bits per heavy atom. The quantitative estimate of drug-likeness (QED) is 0.511. The van der Waals surface area contributed by atoms with Gasteiger partial charge in [0, 0.05) is 30.2 Å². The van der Waals surface area contributed by atoms with Gasteiger partial charge >= 0.3 is 0 Å². The van der Waals surface area contributed by atoms with E-state index in [2.05, 4.69) is 29.6 Å². The third-order valence-corrected chi connectivity index (χ3v) is 6.55. The van der Waals surface area contributed by atoms with Crippen molar-refractivity contribution < 1.29 is 15.0 Å². The lowest BCUT2D eigenvalue weighted by Crippen LogP contribution is -2.39. The molecule has 0 unspecified atom stereocenters. The highest BCUT2D eigenvalue weighted by Gasteiger charge is 2.27. The first-order chi connectivity index (χ1) is 15.0. The smallest absolute Gasteiger partial charge is 0.253 e. The van der Waals surface area contributed by atoms with Crippen LogP contribution in [0.15, 0.2) is 48.5 Å². The van der Waals surface area contributed by atoms with Gasteiger partial charge in [-0.2, -0.15) is 0 Å². The molecule has 1 fully saturated rings. The average Bonchev–Trinajstić information content (AvgIpc) is 2.81. The SMILES string of the molecule is CN(C(=O)c1ccc(Cl)cc1)C1CCC(c2ccc(CNCC[C@H](O)CO)cc2)CC1. The lowest BCUT2D eigenvalue weighted by Gasteiger charge is -2.35. The summed E-state index contributed by atoms with van der Waals surface area (Å²) in [5.41, 5.74) is 3.26.